The number of halogens is 1. The van der Waals surface area contributed by atoms with Gasteiger partial charge in [0, 0.05) is 6.54 Å². The first-order valence-electron chi connectivity index (χ1n) is 8.14. The Balaban J connectivity index is 0.000000188. The Kier molecular flexibility index (Phi) is 5.57. The lowest BCUT2D eigenvalue weighted by atomic mass is 9.96. The number of carbonyl (C=O) groups excluding carboxylic acids is 1. The van der Waals surface area contributed by atoms with Crippen molar-refractivity contribution in [2.75, 3.05) is 20.1 Å². The van der Waals surface area contributed by atoms with Crippen molar-refractivity contribution < 1.29 is 9.18 Å². The Hall–Kier alpha value is -1.42. The third-order valence-electron chi connectivity index (χ3n) is 4.69. The lowest BCUT2D eigenvalue weighted by molar-refractivity contribution is -0.123. The zero-order valence-electron chi connectivity index (χ0n) is 13.6. The summed E-state index contributed by atoms with van der Waals surface area (Å²) in [6.07, 6.45) is 5.20. The van der Waals surface area contributed by atoms with Crippen molar-refractivity contribution >= 4 is 5.91 Å². The molecule has 2 aliphatic rings. The van der Waals surface area contributed by atoms with Gasteiger partial charge in [0.2, 0.25) is 5.91 Å². The van der Waals surface area contributed by atoms with Crippen molar-refractivity contribution in [3.8, 4) is 0 Å². The van der Waals surface area contributed by atoms with Gasteiger partial charge in [0.1, 0.15) is 5.82 Å². The molecule has 1 aliphatic heterocycles. The second-order valence-corrected chi connectivity index (χ2v) is 6.96. The molecule has 1 atom stereocenters. The molecule has 2 N–H and O–H groups in total. The molecule has 2 fully saturated rings. The lowest BCUT2D eigenvalue weighted by Gasteiger charge is -2.26. The van der Waals surface area contributed by atoms with Crippen LogP contribution >= 0.6 is 0 Å². The van der Waals surface area contributed by atoms with E-state index in [1.54, 1.807) is 12.1 Å². The van der Waals surface area contributed by atoms with Crippen LogP contribution in [0.1, 0.15) is 38.2 Å². The summed E-state index contributed by atoms with van der Waals surface area (Å²) in [5.74, 6) is 0.452. The SMILES string of the molecule is CC1CCCN(C)C1.NC(=O)C1(Cc2ccc(F)cc2)CC1. The topological polar surface area (TPSA) is 46.3 Å². The first kappa shape index (κ1) is 16.9. The quantitative estimate of drug-likeness (QED) is 0.933. The molecule has 1 aromatic carbocycles. The molecule has 1 heterocycles. The molecule has 0 bridgehead atoms. The van der Waals surface area contributed by atoms with Gasteiger partial charge in [-0.1, -0.05) is 19.1 Å². The third-order valence-corrected chi connectivity index (χ3v) is 4.69. The van der Waals surface area contributed by atoms with Gasteiger partial charge in [-0.25, -0.2) is 4.39 Å². The molecule has 1 amide bonds. The largest absolute Gasteiger partial charge is 0.369 e. The summed E-state index contributed by atoms with van der Waals surface area (Å²) in [7, 11) is 2.20. The molecule has 0 radical (unpaired) electrons. The number of benzene rings is 1. The molecule has 22 heavy (non-hydrogen) atoms. The summed E-state index contributed by atoms with van der Waals surface area (Å²) in [4.78, 5) is 13.5. The van der Waals surface area contributed by atoms with Gasteiger partial charge in [0.15, 0.2) is 0 Å². The highest BCUT2D eigenvalue weighted by Crippen LogP contribution is 2.47. The smallest absolute Gasteiger partial charge is 0.223 e. The van der Waals surface area contributed by atoms with E-state index in [4.69, 9.17) is 5.73 Å². The monoisotopic (exact) mass is 306 g/mol. The Bertz CT molecular complexity index is 488. The number of nitrogens with two attached hydrogens (primary N) is 1. The van der Waals surface area contributed by atoms with Crippen molar-refractivity contribution in [2.45, 2.75) is 39.0 Å². The van der Waals surface area contributed by atoms with Crippen molar-refractivity contribution in [3.63, 3.8) is 0 Å². The van der Waals surface area contributed by atoms with Crippen LogP contribution in [0.15, 0.2) is 24.3 Å². The van der Waals surface area contributed by atoms with Gasteiger partial charge in [-0.05, 0) is 69.3 Å². The normalized spacial score (nSPS) is 23.3. The molecule has 4 heteroatoms. The summed E-state index contributed by atoms with van der Waals surface area (Å²) < 4.78 is 12.6. The molecule has 3 rings (SSSR count). The van der Waals surface area contributed by atoms with Crippen LogP contribution in [0, 0.1) is 17.2 Å². The van der Waals surface area contributed by atoms with Crippen LogP contribution in [-0.4, -0.2) is 30.9 Å². The van der Waals surface area contributed by atoms with E-state index in [0.29, 0.717) is 6.42 Å². The molecule has 122 valence electrons. The molecule has 1 saturated carbocycles. The van der Waals surface area contributed by atoms with Crippen LogP contribution in [0.25, 0.3) is 0 Å². The number of piperidine rings is 1. The van der Waals surface area contributed by atoms with Gasteiger partial charge in [-0.3, -0.25) is 4.79 Å². The average molecular weight is 306 g/mol. The van der Waals surface area contributed by atoms with Crippen molar-refractivity contribution in [1.82, 2.24) is 4.90 Å². The highest BCUT2D eigenvalue weighted by atomic mass is 19.1. The highest BCUT2D eigenvalue weighted by Gasteiger charge is 2.48. The molecular weight excluding hydrogens is 279 g/mol. The van der Waals surface area contributed by atoms with Crippen molar-refractivity contribution in [3.05, 3.63) is 35.6 Å². The Morgan fingerprint density at radius 3 is 2.41 bits per heavy atom. The van der Waals surface area contributed by atoms with Crippen molar-refractivity contribution in [1.29, 1.82) is 0 Å². The number of carbonyl (C=O) groups is 1. The number of likely N-dealkylation sites (tertiary alicyclic amines) is 1. The van der Waals surface area contributed by atoms with E-state index in [1.807, 2.05) is 0 Å². The molecule has 3 nitrogen and oxygen atoms in total. The van der Waals surface area contributed by atoms with E-state index >= 15 is 0 Å². The average Bonchev–Trinajstić information content (AvgIpc) is 3.23. The minimum atomic E-state index is -0.335. The number of nitrogens with zero attached hydrogens (tertiary/aromatic N) is 1. The fourth-order valence-electron chi connectivity index (χ4n) is 3.08. The Labute approximate surface area is 132 Å². The number of hydrogen-bond donors (Lipinski definition) is 1. The first-order chi connectivity index (χ1) is 10.4. The zero-order chi connectivity index (χ0) is 16.2. The number of rotatable bonds is 3. The second-order valence-electron chi connectivity index (χ2n) is 6.96. The van der Waals surface area contributed by atoms with Gasteiger partial charge in [-0.2, -0.15) is 0 Å². The maximum absolute atomic E-state index is 12.6. The van der Waals surface area contributed by atoms with Gasteiger partial charge < -0.3 is 10.6 Å². The fourth-order valence-corrected chi connectivity index (χ4v) is 3.08. The van der Waals surface area contributed by atoms with E-state index in [1.165, 1.54) is 38.1 Å². The number of hydrogen-bond acceptors (Lipinski definition) is 2. The lowest BCUT2D eigenvalue weighted by Crippen LogP contribution is -2.30. The third kappa shape index (κ3) is 4.80. The van der Waals surface area contributed by atoms with Gasteiger partial charge in [0.05, 0.1) is 5.41 Å². The van der Waals surface area contributed by atoms with Crippen LogP contribution in [0.5, 0.6) is 0 Å². The number of amides is 1. The molecule has 1 unspecified atom stereocenters. The molecule has 1 aliphatic carbocycles. The Morgan fingerprint density at radius 2 is 2.00 bits per heavy atom. The minimum absolute atomic E-state index is 0.234. The summed E-state index contributed by atoms with van der Waals surface area (Å²) in [5.41, 5.74) is 5.94. The summed E-state index contributed by atoms with van der Waals surface area (Å²) in [6, 6.07) is 6.23. The fraction of sp³-hybridized carbons (Fsp3) is 0.611. The predicted molar refractivity (Wildman–Crippen MR) is 86.9 cm³/mol. The molecule has 0 spiro atoms. The molecule has 1 saturated heterocycles. The Morgan fingerprint density at radius 1 is 1.36 bits per heavy atom. The maximum atomic E-state index is 12.6. The molecule has 0 aromatic heterocycles. The first-order valence-corrected chi connectivity index (χ1v) is 8.14. The van der Waals surface area contributed by atoms with Crippen LogP contribution in [0.2, 0.25) is 0 Å². The van der Waals surface area contributed by atoms with Crippen LogP contribution in [-0.2, 0) is 11.2 Å². The van der Waals surface area contributed by atoms with Crippen molar-refractivity contribution in [2.24, 2.45) is 17.1 Å². The number of primary amides is 1. The van der Waals surface area contributed by atoms with E-state index in [-0.39, 0.29) is 17.1 Å². The summed E-state index contributed by atoms with van der Waals surface area (Å²) in [6.45, 7) is 4.94. The van der Waals surface area contributed by atoms with Gasteiger partial charge in [-0.15, -0.1) is 0 Å². The standard InChI is InChI=1S/C11H12FNO.C7H15N/c12-9-3-1-8(2-4-9)7-11(5-6-11)10(13)14;1-7-4-3-5-8(2)6-7/h1-4H,5-7H2,(H2,13,14);7H,3-6H2,1-2H3. The highest BCUT2D eigenvalue weighted by molar-refractivity contribution is 5.83. The minimum Gasteiger partial charge on any atom is -0.369 e. The van der Waals surface area contributed by atoms with E-state index in [2.05, 4.69) is 18.9 Å². The second kappa shape index (κ2) is 7.23. The zero-order valence-corrected chi connectivity index (χ0v) is 13.6. The maximum Gasteiger partial charge on any atom is 0.223 e. The van der Waals surface area contributed by atoms with E-state index in [9.17, 15) is 9.18 Å². The predicted octanol–water partition coefficient (Wildman–Crippen LogP) is 2.98. The molecule has 1 aromatic rings. The molecular formula is C18H27FN2O. The van der Waals surface area contributed by atoms with Crippen LogP contribution in [0.4, 0.5) is 4.39 Å². The van der Waals surface area contributed by atoms with E-state index < -0.39 is 0 Å². The van der Waals surface area contributed by atoms with Gasteiger partial charge in [0.25, 0.3) is 0 Å². The summed E-state index contributed by atoms with van der Waals surface area (Å²) >= 11 is 0. The summed E-state index contributed by atoms with van der Waals surface area (Å²) in [5, 5.41) is 0. The van der Waals surface area contributed by atoms with Crippen LogP contribution < -0.4 is 5.73 Å². The van der Waals surface area contributed by atoms with Crippen LogP contribution in [0.3, 0.4) is 0 Å². The van der Waals surface area contributed by atoms with E-state index in [0.717, 1.165) is 24.3 Å². The van der Waals surface area contributed by atoms with Gasteiger partial charge >= 0.3 is 0 Å².